The molecule has 3 nitrogen and oxygen atoms in total. The SMILES string of the molecule is CSCCC(C)N(C)C(=O)Cc1ccccc1O. The molecule has 1 N–H and O–H groups in total. The molecule has 0 heterocycles. The molecule has 1 aromatic rings. The summed E-state index contributed by atoms with van der Waals surface area (Å²) in [4.78, 5) is 13.8. The lowest BCUT2D eigenvalue weighted by Crippen LogP contribution is -2.36. The summed E-state index contributed by atoms with van der Waals surface area (Å²) in [5.41, 5.74) is 0.686. The molecule has 1 aromatic carbocycles. The molecule has 0 saturated carbocycles. The number of amides is 1. The second-order valence-corrected chi connectivity index (χ2v) is 5.43. The Morgan fingerprint density at radius 1 is 1.44 bits per heavy atom. The summed E-state index contributed by atoms with van der Waals surface area (Å²) < 4.78 is 0. The monoisotopic (exact) mass is 267 g/mol. The Morgan fingerprint density at radius 3 is 2.72 bits per heavy atom. The highest BCUT2D eigenvalue weighted by atomic mass is 32.2. The van der Waals surface area contributed by atoms with Crippen molar-refractivity contribution >= 4 is 17.7 Å². The summed E-state index contributed by atoms with van der Waals surface area (Å²) in [6.07, 6.45) is 3.31. The van der Waals surface area contributed by atoms with Gasteiger partial charge < -0.3 is 10.0 Å². The number of benzene rings is 1. The van der Waals surface area contributed by atoms with Gasteiger partial charge in [0.25, 0.3) is 0 Å². The summed E-state index contributed by atoms with van der Waals surface area (Å²) in [6, 6.07) is 7.22. The van der Waals surface area contributed by atoms with Gasteiger partial charge in [-0.1, -0.05) is 18.2 Å². The van der Waals surface area contributed by atoms with Crippen LogP contribution in [0.25, 0.3) is 0 Å². The minimum atomic E-state index is 0.0464. The van der Waals surface area contributed by atoms with Gasteiger partial charge in [0, 0.05) is 18.7 Å². The van der Waals surface area contributed by atoms with E-state index >= 15 is 0 Å². The van der Waals surface area contributed by atoms with Crippen molar-refractivity contribution in [3.63, 3.8) is 0 Å². The number of phenolic OH excluding ortho intramolecular Hbond substituents is 1. The Hall–Kier alpha value is -1.16. The first-order valence-electron chi connectivity index (χ1n) is 6.07. The predicted molar refractivity (Wildman–Crippen MR) is 77.0 cm³/mol. The van der Waals surface area contributed by atoms with E-state index < -0.39 is 0 Å². The molecule has 18 heavy (non-hydrogen) atoms. The molecule has 1 atom stereocenters. The van der Waals surface area contributed by atoms with E-state index in [-0.39, 0.29) is 24.1 Å². The molecule has 0 spiro atoms. The van der Waals surface area contributed by atoms with Crippen LogP contribution in [0.3, 0.4) is 0 Å². The molecule has 0 saturated heterocycles. The summed E-state index contributed by atoms with van der Waals surface area (Å²) in [6.45, 7) is 2.05. The van der Waals surface area contributed by atoms with Crippen LogP contribution in [0.15, 0.2) is 24.3 Å². The standard InChI is InChI=1S/C14H21NO2S/c1-11(8-9-18-3)15(2)14(17)10-12-6-4-5-7-13(12)16/h4-7,11,16H,8-10H2,1-3H3. The Labute approximate surface area is 113 Å². The van der Waals surface area contributed by atoms with Gasteiger partial charge in [-0.05, 0) is 31.4 Å². The molecule has 0 aliphatic carbocycles. The summed E-state index contributed by atoms with van der Waals surface area (Å²) >= 11 is 1.79. The maximum Gasteiger partial charge on any atom is 0.227 e. The molecule has 100 valence electrons. The maximum atomic E-state index is 12.1. The third kappa shape index (κ3) is 4.26. The molecule has 0 radical (unpaired) electrons. The van der Waals surface area contributed by atoms with Gasteiger partial charge in [-0.2, -0.15) is 11.8 Å². The van der Waals surface area contributed by atoms with Gasteiger partial charge in [0.05, 0.1) is 6.42 Å². The Morgan fingerprint density at radius 2 is 2.11 bits per heavy atom. The zero-order valence-corrected chi connectivity index (χ0v) is 12.0. The highest BCUT2D eigenvalue weighted by Crippen LogP contribution is 2.17. The van der Waals surface area contributed by atoms with Gasteiger partial charge in [-0.3, -0.25) is 4.79 Å². The highest BCUT2D eigenvalue weighted by Gasteiger charge is 2.16. The first-order chi connectivity index (χ1) is 8.56. The fourth-order valence-corrected chi connectivity index (χ4v) is 2.25. The van der Waals surface area contributed by atoms with Gasteiger partial charge in [0.2, 0.25) is 5.91 Å². The van der Waals surface area contributed by atoms with Crippen LogP contribution in [-0.4, -0.2) is 41.0 Å². The summed E-state index contributed by atoms with van der Waals surface area (Å²) in [7, 11) is 1.83. The third-order valence-electron chi connectivity index (χ3n) is 3.13. The van der Waals surface area contributed by atoms with Crippen LogP contribution in [0.5, 0.6) is 5.75 Å². The Balaban J connectivity index is 2.57. The number of phenols is 1. The predicted octanol–water partition coefficient (Wildman–Crippen LogP) is 2.53. The molecule has 1 rings (SSSR count). The number of likely N-dealkylation sites (N-methyl/N-ethyl adjacent to an activating group) is 1. The van der Waals surface area contributed by atoms with Crippen molar-refractivity contribution in [3.05, 3.63) is 29.8 Å². The smallest absolute Gasteiger partial charge is 0.227 e. The van der Waals surface area contributed by atoms with Crippen LogP contribution in [0.2, 0.25) is 0 Å². The number of hydrogen-bond acceptors (Lipinski definition) is 3. The minimum absolute atomic E-state index is 0.0464. The van der Waals surface area contributed by atoms with E-state index in [1.54, 1.807) is 34.9 Å². The van der Waals surface area contributed by atoms with Crippen molar-refractivity contribution in [1.82, 2.24) is 4.90 Å². The van der Waals surface area contributed by atoms with Crippen LogP contribution in [0, 0.1) is 0 Å². The van der Waals surface area contributed by atoms with E-state index in [1.165, 1.54) is 0 Å². The number of nitrogens with zero attached hydrogens (tertiary/aromatic N) is 1. The van der Waals surface area contributed by atoms with E-state index in [0.29, 0.717) is 5.56 Å². The van der Waals surface area contributed by atoms with Crippen molar-refractivity contribution < 1.29 is 9.90 Å². The highest BCUT2D eigenvalue weighted by molar-refractivity contribution is 7.98. The molecule has 0 aliphatic heterocycles. The molecule has 4 heteroatoms. The molecule has 1 unspecified atom stereocenters. The second-order valence-electron chi connectivity index (χ2n) is 4.44. The molecule has 0 aromatic heterocycles. The molecule has 0 bridgehead atoms. The van der Waals surface area contributed by atoms with Gasteiger partial charge >= 0.3 is 0 Å². The van der Waals surface area contributed by atoms with Crippen molar-refractivity contribution in [3.8, 4) is 5.75 Å². The van der Waals surface area contributed by atoms with Gasteiger partial charge in [-0.25, -0.2) is 0 Å². The number of rotatable bonds is 6. The van der Waals surface area contributed by atoms with E-state index in [9.17, 15) is 9.90 Å². The maximum absolute atomic E-state index is 12.1. The lowest BCUT2D eigenvalue weighted by molar-refractivity contribution is -0.131. The van der Waals surface area contributed by atoms with Gasteiger partial charge in [-0.15, -0.1) is 0 Å². The zero-order chi connectivity index (χ0) is 13.5. The van der Waals surface area contributed by atoms with Crippen LogP contribution in [0.4, 0.5) is 0 Å². The average Bonchev–Trinajstić information content (AvgIpc) is 2.37. The number of para-hydroxylation sites is 1. The number of hydrogen-bond donors (Lipinski definition) is 1. The van der Waals surface area contributed by atoms with Crippen LogP contribution in [0.1, 0.15) is 18.9 Å². The minimum Gasteiger partial charge on any atom is -0.508 e. The third-order valence-corrected chi connectivity index (χ3v) is 3.77. The Kier molecular flexibility index (Phi) is 6.05. The van der Waals surface area contributed by atoms with E-state index in [4.69, 9.17) is 0 Å². The van der Waals surface area contributed by atoms with E-state index in [0.717, 1.165) is 12.2 Å². The van der Waals surface area contributed by atoms with E-state index in [2.05, 4.69) is 13.2 Å². The Bertz CT molecular complexity index is 395. The number of carbonyl (C=O) groups is 1. The van der Waals surface area contributed by atoms with Crippen molar-refractivity contribution in [1.29, 1.82) is 0 Å². The lowest BCUT2D eigenvalue weighted by Gasteiger charge is -2.25. The van der Waals surface area contributed by atoms with E-state index in [1.807, 2.05) is 13.1 Å². The first-order valence-corrected chi connectivity index (χ1v) is 7.47. The lowest BCUT2D eigenvalue weighted by atomic mass is 10.1. The largest absolute Gasteiger partial charge is 0.508 e. The summed E-state index contributed by atoms with van der Waals surface area (Å²) in [5, 5.41) is 9.65. The normalized spacial score (nSPS) is 12.2. The van der Waals surface area contributed by atoms with Gasteiger partial charge in [0.15, 0.2) is 0 Å². The number of thioether (sulfide) groups is 1. The number of aromatic hydroxyl groups is 1. The van der Waals surface area contributed by atoms with Crippen molar-refractivity contribution in [2.75, 3.05) is 19.1 Å². The molecule has 0 fully saturated rings. The molecular formula is C14H21NO2S. The zero-order valence-electron chi connectivity index (χ0n) is 11.2. The first kappa shape index (κ1) is 14.9. The molecule has 0 aliphatic rings. The van der Waals surface area contributed by atoms with Crippen LogP contribution in [-0.2, 0) is 11.2 Å². The quantitative estimate of drug-likeness (QED) is 0.861. The summed E-state index contributed by atoms with van der Waals surface area (Å²) in [5.74, 6) is 1.29. The fourth-order valence-electron chi connectivity index (χ4n) is 1.68. The van der Waals surface area contributed by atoms with Crippen molar-refractivity contribution in [2.45, 2.75) is 25.8 Å². The number of carbonyl (C=O) groups excluding carboxylic acids is 1. The average molecular weight is 267 g/mol. The van der Waals surface area contributed by atoms with Crippen LogP contribution < -0.4 is 0 Å². The van der Waals surface area contributed by atoms with Crippen molar-refractivity contribution in [2.24, 2.45) is 0 Å². The van der Waals surface area contributed by atoms with Gasteiger partial charge in [0.1, 0.15) is 5.75 Å². The second kappa shape index (κ2) is 7.31. The van der Waals surface area contributed by atoms with Crippen LogP contribution >= 0.6 is 11.8 Å². The molecular weight excluding hydrogens is 246 g/mol. The topological polar surface area (TPSA) is 40.5 Å². The molecule has 1 amide bonds. The fraction of sp³-hybridized carbons (Fsp3) is 0.500.